The van der Waals surface area contributed by atoms with Crippen molar-refractivity contribution in [3.8, 4) is 0 Å². The molecule has 0 aromatic carbocycles. The van der Waals surface area contributed by atoms with Crippen LogP contribution in [0.25, 0.3) is 0 Å². The molecule has 1 rings (SSSR count). The first-order valence-corrected chi connectivity index (χ1v) is 3.35. The minimum absolute atomic E-state index is 0.00694. The Morgan fingerprint density at radius 2 is 2.20 bits per heavy atom. The van der Waals surface area contributed by atoms with Crippen molar-refractivity contribution in [2.75, 3.05) is 0 Å². The molecule has 0 fully saturated rings. The number of nitrogens with zero attached hydrogens (tertiary/aromatic N) is 1. The molecule has 3 nitrogen and oxygen atoms in total. The van der Waals surface area contributed by atoms with Crippen LogP contribution in [-0.2, 0) is 4.79 Å². The van der Waals surface area contributed by atoms with Crippen LogP contribution < -0.4 is 5.43 Å². The summed E-state index contributed by atoms with van der Waals surface area (Å²) in [5.74, 6) is -0.0556. The fourth-order valence-corrected chi connectivity index (χ4v) is 0.930. The van der Waals surface area contributed by atoms with Crippen molar-refractivity contribution in [3.63, 3.8) is 0 Å². The summed E-state index contributed by atoms with van der Waals surface area (Å²) in [6.45, 7) is 6.07. The molecule has 1 amide bonds. The molecule has 0 saturated carbocycles. The summed E-state index contributed by atoms with van der Waals surface area (Å²) in [7, 11) is 0. The number of carbonyl (C=O) groups is 1. The molecule has 0 aromatic heterocycles. The van der Waals surface area contributed by atoms with E-state index in [-0.39, 0.29) is 17.2 Å². The second-order valence-electron chi connectivity index (χ2n) is 3.60. The Kier molecular flexibility index (Phi) is 1.50. The first kappa shape index (κ1) is 7.25. The van der Waals surface area contributed by atoms with Gasteiger partial charge in [0.25, 0.3) is 0 Å². The van der Waals surface area contributed by atoms with Crippen molar-refractivity contribution in [3.05, 3.63) is 0 Å². The fourth-order valence-electron chi connectivity index (χ4n) is 0.930. The van der Waals surface area contributed by atoms with E-state index in [9.17, 15) is 4.79 Å². The zero-order chi connectivity index (χ0) is 7.78. The maximum absolute atomic E-state index is 11.0. The van der Waals surface area contributed by atoms with E-state index in [2.05, 4.69) is 10.5 Å². The molecule has 0 radical (unpaired) electrons. The Balaban J connectivity index is 2.73. The number of carbonyl (C=O) groups excluding carboxylic acids is 1. The van der Waals surface area contributed by atoms with Gasteiger partial charge in [0.05, 0.1) is 5.92 Å². The molecule has 1 heterocycles. The SMILES string of the molecule is CC(C)(C)C1C=NNC1=O. The van der Waals surface area contributed by atoms with Crippen molar-refractivity contribution in [2.45, 2.75) is 20.8 Å². The summed E-state index contributed by atoms with van der Waals surface area (Å²) in [6, 6.07) is 0. The third-order valence-electron chi connectivity index (χ3n) is 1.61. The number of rotatable bonds is 0. The van der Waals surface area contributed by atoms with Gasteiger partial charge in [0.1, 0.15) is 0 Å². The van der Waals surface area contributed by atoms with Crippen LogP contribution >= 0.6 is 0 Å². The summed E-state index contributed by atoms with van der Waals surface area (Å²) in [5.41, 5.74) is 2.40. The van der Waals surface area contributed by atoms with Gasteiger partial charge in [0, 0.05) is 6.21 Å². The molecule has 10 heavy (non-hydrogen) atoms. The Hall–Kier alpha value is -0.860. The van der Waals surface area contributed by atoms with Crippen molar-refractivity contribution in [1.82, 2.24) is 5.43 Å². The molecule has 1 atom stereocenters. The molecule has 1 unspecified atom stereocenters. The molecule has 1 aliphatic rings. The maximum Gasteiger partial charge on any atom is 0.249 e. The van der Waals surface area contributed by atoms with Gasteiger partial charge >= 0.3 is 0 Å². The van der Waals surface area contributed by atoms with Gasteiger partial charge in [0.15, 0.2) is 0 Å². The molecule has 1 aliphatic heterocycles. The van der Waals surface area contributed by atoms with Crippen LogP contribution in [0, 0.1) is 11.3 Å². The predicted octanol–water partition coefficient (Wildman–Crippen LogP) is 0.764. The number of amides is 1. The summed E-state index contributed by atoms with van der Waals surface area (Å²) < 4.78 is 0. The lowest BCUT2D eigenvalue weighted by atomic mass is 9.81. The minimum atomic E-state index is -0.0625. The number of nitrogens with one attached hydrogen (secondary N) is 1. The van der Waals surface area contributed by atoms with Crippen LogP contribution in [0.15, 0.2) is 5.10 Å². The van der Waals surface area contributed by atoms with E-state index in [0.29, 0.717) is 0 Å². The van der Waals surface area contributed by atoms with Gasteiger partial charge in [-0.2, -0.15) is 5.10 Å². The van der Waals surface area contributed by atoms with Crippen LogP contribution in [-0.4, -0.2) is 12.1 Å². The van der Waals surface area contributed by atoms with Gasteiger partial charge < -0.3 is 0 Å². The summed E-state index contributed by atoms with van der Waals surface area (Å²) in [4.78, 5) is 11.0. The van der Waals surface area contributed by atoms with Gasteiger partial charge in [-0.05, 0) is 5.41 Å². The second-order valence-corrected chi connectivity index (χ2v) is 3.60. The summed E-state index contributed by atoms with van der Waals surface area (Å²) >= 11 is 0. The number of hydrazone groups is 1. The third kappa shape index (κ3) is 1.17. The molecule has 0 aromatic rings. The van der Waals surface area contributed by atoms with Crippen molar-refractivity contribution in [1.29, 1.82) is 0 Å². The molecule has 56 valence electrons. The van der Waals surface area contributed by atoms with Gasteiger partial charge in [-0.3, -0.25) is 4.79 Å². The van der Waals surface area contributed by atoms with Crippen molar-refractivity contribution in [2.24, 2.45) is 16.4 Å². The lowest BCUT2D eigenvalue weighted by Crippen LogP contribution is -2.30. The standard InChI is InChI=1S/C7H12N2O/c1-7(2,3)5-4-8-9-6(5)10/h4-5H,1-3H3,(H,9,10). The molecule has 0 aliphatic carbocycles. The largest absolute Gasteiger partial charge is 0.272 e. The zero-order valence-electron chi connectivity index (χ0n) is 6.51. The molecule has 0 saturated heterocycles. The van der Waals surface area contributed by atoms with Crippen molar-refractivity contribution >= 4 is 12.1 Å². The molecule has 0 spiro atoms. The highest BCUT2D eigenvalue weighted by atomic mass is 16.2. The monoisotopic (exact) mass is 140 g/mol. The Morgan fingerprint density at radius 3 is 2.40 bits per heavy atom. The molecular formula is C7H12N2O. The molecular weight excluding hydrogens is 128 g/mol. The number of hydrogen-bond donors (Lipinski definition) is 1. The van der Waals surface area contributed by atoms with Gasteiger partial charge in [-0.25, -0.2) is 5.43 Å². The van der Waals surface area contributed by atoms with Crippen LogP contribution in [0.5, 0.6) is 0 Å². The van der Waals surface area contributed by atoms with Gasteiger partial charge in [-0.15, -0.1) is 0 Å². The second kappa shape index (κ2) is 2.08. The van der Waals surface area contributed by atoms with Crippen LogP contribution in [0.4, 0.5) is 0 Å². The van der Waals surface area contributed by atoms with E-state index in [4.69, 9.17) is 0 Å². The molecule has 0 bridgehead atoms. The lowest BCUT2D eigenvalue weighted by molar-refractivity contribution is -0.124. The van der Waals surface area contributed by atoms with E-state index in [0.717, 1.165) is 0 Å². The first-order valence-electron chi connectivity index (χ1n) is 3.35. The average molecular weight is 140 g/mol. The number of hydrogen-bond acceptors (Lipinski definition) is 2. The van der Waals surface area contributed by atoms with Gasteiger partial charge in [-0.1, -0.05) is 20.8 Å². The van der Waals surface area contributed by atoms with E-state index in [1.807, 2.05) is 20.8 Å². The Morgan fingerprint density at radius 1 is 1.60 bits per heavy atom. The quantitative estimate of drug-likeness (QED) is 0.530. The summed E-state index contributed by atoms with van der Waals surface area (Å²) in [6.07, 6.45) is 1.67. The molecule has 3 heteroatoms. The Labute approximate surface area is 60.5 Å². The third-order valence-corrected chi connectivity index (χ3v) is 1.61. The van der Waals surface area contributed by atoms with Gasteiger partial charge in [0.2, 0.25) is 5.91 Å². The zero-order valence-corrected chi connectivity index (χ0v) is 6.51. The minimum Gasteiger partial charge on any atom is -0.272 e. The van der Waals surface area contributed by atoms with E-state index >= 15 is 0 Å². The highest BCUT2D eigenvalue weighted by Gasteiger charge is 2.32. The average Bonchev–Trinajstić information content (AvgIpc) is 2.11. The smallest absolute Gasteiger partial charge is 0.249 e. The normalized spacial score (nSPS) is 25.1. The lowest BCUT2D eigenvalue weighted by Gasteiger charge is -2.21. The van der Waals surface area contributed by atoms with Crippen LogP contribution in [0.1, 0.15) is 20.8 Å². The summed E-state index contributed by atoms with van der Waals surface area (Å²) in [5, 5.41) is 3.69. The van der Waals surface area contributed by atoms with E-state index in [1.165, 1.54) is 0 Å². The fraction of sp³-hybridized carbons (Fsp3) is 0.714. The topological polar surface area (TPSA) is 41.5 Å². The highest BCUT2D eigenvalue weighted by molar-refractivity contribution is 5.97. The van der Waals surface area contributed by atoms with Crippen LogP contribution in [0.3, 0.4) is 0 Å². The van der Waals surface area contributed by atoms with Crippen molar-refractivity contribution < 1.29 is 4.79 Å². The predicted molar refractivity (Wildman–Crippen MR) is 39.6 cm³/mol. The highest BCUT2D eigenvalue weighted by Crippen LogP contribution is 2.25. The Bertz CT molecular complexity index is 179. The first-order chi connectivity index (χ1) is 4.52. The van der Waals surface area contributed by atoms with E-state index < -0.39 is 0 Å². The maximum atomic E-state index is 11.0. The van der Waals surface area contributed by atoms with Crippen LogP contribution in [0.2, 0.25) is 0 Å². The molecule has 1 N–H and O–H groups in total. The van der Waals surface area contributed by atoms with E-state index in [1.54, 1.807) is 6.21 Å².